The molecule has 19 heteroatoms. The Morgan fingerprint density at radius 2 is 0.438 bits per heavy atom. The summed E-state index contributed by atoms with van der Waals surface area (Å²) in [6, 6.07) is 0. The Kier molecular flexibility index (Phi) is 76.0. The lowest BCUT2D eigenvalue weighted by Gasteiger charge is -2.21. The first-order valence-corrected chi connectivity index (χ1v) is 47.5. The highest BCUT2D eigenvalue weighted by Gasteiger charge is 2.30. The Labute approximate surface area is 645 Å². The molecule has 17 nitrogen and oxygen atoms in total. The topological polar surface area (TPSA) is 237 Å². The van der Waals surface area contributed by atoms with Gasteiger partial charge in [-0.2, -0.15) is 0 Å². The van der Waals surface area contributed by atoms with E-state index in [1.807, 2.05) is 0 Å². The largest absolute Gasteiger partial charge is 0.472 e. The first kappa shape index (κ1) is 103. The van der Waals surface area contributed by atoms with Gasteiger partial charge in [0.25, 0.3) is 0 Å². The van der Waals surface area contributed by atoms with Crippen LogP contribution >= 0.6 is 15.6 Å². The lowest BCUT2D eigenvalue weighted by atomic mass is 10.0. The molecule has 624 valence electrons. The first-order chi connectivity index (χ1) is 50.9. The average Bonchev–Trinajstić information content (AvgIpc) is 0.914. The summed E-state index contributed by atoms with van der Waals surface area (Å²) in [4.78, 5) is 73.2. The molecule has 0 bridgehead atoms. The van der Waals surface area contributed by atoms with Crippen molar-refractivity contribution in [1.82, 2.24) is 0 Å². The van der Waals surface area contributed by atoms with Crippen LogP contribution in [0, 0.1) is 11.8 Å². The van der Waals surface area contributed by atoms with Crippen LogP contribution in [0.3, 0.4) is 0 Å². The second-order valence-electron chi connectivity index (χ2n) is 31.9. The van der Waals surface area contributed by atoms with Crippen molar-refractivity contribution in [3.8, 4) is 0 Å². The predicted molar refractivity (Wildman–Crippen MR) is 432 cm³/mol. The fourth-order valence-corrected chi connectivity index (χ4v) is 15.0. The fraction of sp³-hybridized carbons (Fsp3) is 0.953. The molecule has 0 amide bonds. The zero-order chi connectivity index (χ0) is 77.1. The first-order valence-electron chi connectivity index (χ1n) is 44.5. The van der Waals surface area contributed by atoms with Crippen LogP contribution in [0.4, 0.5) is 0 Å². The smallest absolute Gasteiger partial charge is 0.462 e. The van der Waals surface area contributed by atoms with Gasteiger partial charge < -0.3 is 33.8 Å². The van der Waals surface area contributed by atoms with E-state index in [0.29, 0.717) is 25.7 Å². The molecule has 0 aromatic heterocycles. The van der Waals surface area contributed by atoms with Gasteiger partial charge in [-0.1, -0.05) is 408 Å². The van der Waals surface area contributed by atoms with Crippen molar-refractivity contribution in [1.29, 1.82) is 0 Å². The van der Waals surface area contributed by atoms with Crippen molar-refractivity contribution >= 4 is 39.5 Å². The van der Waals surface area contributed by atoms with Crippen molar-refractivity contribution in [2.45, 2.75) is 477 Å². The van der Waals surface area contributed by atoms with E-state index in [0.717, 1.165) is 102 Å². The van der Waals surface area contributed by atoms with Crippen molar-refractivity contribution in [2.24, 2.45) is 11.8 Å². The molecule has 0 saturated carbocycles. The van der Waals surface area contributed by atoms with E-state index in [1.54, 1.807) is 0 Å². The van der Waals surface area contributed by atoms with E-state index in [2.05, 4.69) is 41.5 Å². The van der Waals surface area contributed by atoms with E-state index < -0.39 is 97.5 Å². The predicted octanol–water partition coefficient (Wildman–Crippen LogP) is 26.2. The maximum absolute atomic E-state index is 13.1. The Morgan fingerprint density at radius 3 is 0.648 bits per heavy atom. The van der Waals surface area contributed by atoms with Gasteiger partial charge in [0.2, 0.25) is 0 Å². The van der Waals surface area contributed by atoms with Crippen molar-refractivity contribution in [3.05, 3.63) is 0 Å². The molecule has 0 heterocycles. The summed E-state index contributed by atoms with van der Waals surface area (Å²) < 4.78 is 68.9. The Bertz CT molecular complexity index is 2010. The van der Waals surface area contributed by atoms with Gasteiger partial charge in [0, 0.05) is 25.7 Å². The summed E-state index contributed by atoms with van der Waals surface area (Å²) >= 11 is 0. The summed E-state index contributed by atoms with van der Waals surface area (Å²) in [6.45, 7) is 9.64. The number of carbonyl (C=O) groups is 4. The number of rotatable bonds is 85. The molecule has 2 unspecified atom stereocenters. The summed E-state index contributed by atoms with van der Waals surface area (Å²) in [5.74, 6) is -0.600. The van der Waals surface area contributed by atoms with Crippen LogP contribution in [0.15, 0.2) is 0 Å². The number of phosphoric acid groups is 2. The lowest BCUT2D eigenvalue weighted by Crippen LogP contribution is -2.30. The number of aliphatic hydroxyl groups excluding tert-OH is 1. The molecule has 105 heavy (non-hydrogen) atoms. The molecule has 0 rings (SSSR count). The summed E-state index contributed by atoms with van der Waals surface area (Å²) in [6.07, 6.45) is 69.5. The maximum atomic E-state index is 13.1. The molecule has 0 aromatic carbocycles. The Balaban J connectivity index is 5.24. The van der Waals surface area contributed by atoms with Gasteiger partial charge in [-0.25, -0.2) is 9.13 Å². The van der Waals surface area contributed by atoms with Crippen LogP contribution in [0.1, 0.15) is 459 Å². The highest BCUT2D eigenvalue weighted by atomic mass is 31.2. The quantitative estimate of drug-likeness (QED) is 0.0222. The van der Waals surface area contributed by atoms with Gasteiger partial charge in [0.1, 0.15) is 19.3 Å². The molecule has 0 aromatic rings. The molecular formula is C86H168O17P2. The third-order valence-corrected chi connectivity index (χ3v) is 22.1. The molecule has 0 fully saturated rings. The summed E-state index contributed by atoms with van der Waals surface area (Å²) in [5, 5.41) is 10.7. The van der Waals surface area contributed by atoms with E-state index in [1.165, 1.54) is 276 Å². The molecule has 0 aliphatic rings. The van der Waals surface area contributed by atoms with Crippen LogP contribution in [-0.4, -0.2) is 96.7 Å². The third kappa shape index (κ3) is 79.9. The summed E-state index contributed by atoms with van der Waals surface area (Å²) in [5.41, 5.74) is 0. The average molecular weight is 1540 g/mol. The van der Waals surface area contributed by atoms with Crippen molar-refractivity contribution in [3.63, 3.8) is 0 Å². The Morgan fingerprint density at radius 1 is 0.257 bits per heavy atom. The third-order valence-electron chi connectivity index (χ3n) is 20.2. The number of phosphoric ester groups is 2. The zero-order valence-electron chi connectivity index (χ0n) is 69.0. The molecule has 0 saturated heterocycles. The van der Waals surface area contributed by atoms with Crippen LogP contribution in [0.25, 0.3) is 0 Å². The normalized spacial score (nSPS) is 13.8. The highest BCUT2D eigenvalue weighted by molar-refractivity contribution is 7.47. The molecule has 0 aliphatic carbocycles. The number of esters is 4. The van der Waals surface area contributed by atoms with Crippen LogP contribution < -0.4 is 0 Å². The monoisotopic (exact) mass is 1540 g/mol. The minimum atomic E-state index is -4.97. The van der Waals surface area contributed by atoms with E-state index in [4.69, 9.17) is 37.0 Å². The number of hydrogen-bond acceptors (Lipinski definition) is 15. The number of unbranched alkanes of at least 4 members (excludes halogenated alkanes) is 55. The standard InChI is InChI=1S/C86H168O17P2/c1-7-9-11-13-15-17-19-21-23-25-27-28-29-31-33-35-40-44-52-58-64-70-85(90)102-81(74-96-83(88)68-62-56-50-43-39-34-32-30-26-24-22-20-18-16-14-12-10-8-2)76-100-104(92,93)98-72-80(87)73-99-105(94,95)101-77-82(75-97-84(89)69-63-57-51-47-46-49-55-61-67-79(5)6)103-86(91)71-65-59-53-45-41-37-36-38-42-48-54-60-66-78(3)4/h78-82,87H,7-77H2,1-6H3,(H,92,93)(H,94,95)/t80-,81-,82-/m1/s1. The number of hydrogen-bond donors (Lipinski definition) is 3. The molecule has 0 aliphatic heterocycles. The van der Waals surface area contributed by atoms with Gasteiger partial charge in [0.15, 0.2) is 12.2 Å². The lowest BCUT2D eigenvalue weighted by molar-refractivity contribution is -0.161. The van der Waals surface area contributed by atoms with Gasteiger partial charge in [-0.15, -0.1) is 0 Å². The van der Waals surface area contributed by atoms with Crippen molar-refractivity contribution < 1.29 is 80.2 Å². The van der Waals surface area contributed by atoms with Crippen LogP contribution in [0.2, 0.25) is 0 Å². The molecule has 5 atom stereocenters. The van der Waals surface area contributed by atoms with E-state index in [9.17, 15) is 43.2 Å². The minimum Gasteiger partial charge on any atom is -0.462 e. The molecular weight excluding hydrogens is 1370 g/mol. The van der Waals surface area contributed by atoms with Gasteiger partial charge in [-0.05, 0) is 37.5 Å². The second kappa shape index (κ2) is 77.4. The van der Waals surface area contributed by atoms with E-state index in [-0.39, 0.29) is 25.7 Å². The summed E-state index contributed by atoms with van der Waals surface area (Å²) in [7, 11) is -9.93. The fourth-order valence-electron chi connectivity index (χ4n) is 13.4. The molecule has 3 N–H and O–H groups in total. The molecule has 0 radical (unpaired) electrons. The van der Waals surface area contributed by atoms with Crippen molar-refractivity contribution in [2.75, 3.05) is 39.6 Å². The number of ether oxygens (including phenoxy) is 4. The number of carbonyl (C=O) groups excluding carboxylic acids is 4. The second-order valence-corrected chi connectivity index (χ2v) is 34.8. The van der Waals surface area contributed by atoms with Gasteiger partial charge in [0.05, 0.1) is 26.4 Å². The molecule has 0 spiro atoms. The minimum absolute atomic E-state index is 0.107. The highest BCUT2D eigenvalue weighted by Crippen LogP contribution is 2.45. The van der Waals surface area contributed by atoms with Crippen LogP contribution in [0.5, 0.6) is 0 Å². The van der Waals surface area contributed by atoms with Crippen LogP contribution in [-0.2, 0) is 65.4 Å². The van der Waals surface area contributed by atoms with Gasteiger partial charge >= 0.3 is 39.5 Å². The number of aliphatic hydroxyl groups is 1. The van der Waals surface area contributed by atoms with E-state index >= 15 is 0 Å². The SMILES string of the molecule is CCCCCCCCCCCCCCCCCCCCCCCC(=O)O[C@H](COC(=O)CCCCCCCCCCCCCCCCCCCC)COP(=O)(O)OC[C@@H](O)COP(=O)(O)OC[C@@H](COC(=O)CCCCCCCCCCC(C)C)OC(=O)CCCCCCCCCCCCCCC(C)C. The maximum Gasteiger partial charge on any atom is 0.472 e. The zero-order valence-corrected chi connectivity index (χ0v) is 70.8. The van der Waals surface area contributed by atoms with Gasteiger partial charge in [-0.3, -0.25) is 37.3 Å². The Hall–Kier alpha value is -1.94.